The molecule has 4 heteroatoms. The number of hydrogen-bond acceptors (Lipinski definition) is 2. The summed E-state index contributed by atoms with van der Waals surface area (Å²) in [5.41, 5.74) is 2.01. The van der Waals surface area contributed by atoms with E-state index in [1.54, 1.807) is 0 Å². The Morgan fingerprint density at radius 1 is 1.15 bits per heavy atom. The lowest BCUT2D eigenvalue weighted by Crippen LogP contribution is -2.27. The zero-order valence-electron chi connectivity index (χ0n) is 10.8. The van der Waals surface area contributed by atoms with Crippen LogP contribution >= 0.6 is 11.6 Å². The van der Waals surface area contributed by atoms with Crippen molar-refractivity contribution in [3.63, 3.8) is 0 Å². The minimum absolute atomic E-state index is 0.0844. The van der Waals surface area contributed by atoms with Gasteiger partial charge < -0.3 is 10.1 Å². The molecule has 1 N–H and O–H groups in total. The van der Waals surface area contributed by atoms with Crippen molar-refractivity contribution in [1.82, 2.24) is 5.32 Å². The van der Waals surface area contributed by atoms with Crippen molar-refractivity contribution < 1.29 is 9.53 Å². The summed E-state index contributed by atoms with van der Waals surface area (Å²) in [4.78, 5) is 12.0. The highest BCUT2D eigenvalue weighted by molar-refractivity contribution is 6.30. The fraction of sp³-hybridized carbons (Fsp3) is 0.188. The number of nitrogens with one attached hydrogen (secondary N) is 1. The van der Waals surface area contributed by atoms with Gasteiger partial charge in [0.05, 0.1) is 0 Å². The van der Waals surface area contributed by atoms with Crippen LogP contribution in [0.25, 0.3) is 0 Å². The van der Waals surface area contributed by atoms with Crippen molar-refractivity contribution >= 4 is 17.5 Å². The maximum absolute atomic E-state index is 12.0. The van der Waals surface area contributed by atoms with Gasteiger partial charge in [0.15, 0.2) is 6.10 Å². The molecule has 0 aliphatic carbocycles. The number of hydrogen-bond donors (Lipinski definition) is 1. The molecule has 1 amide bonds. The van der Waals surface area contributed by atoms with Gasteiger partial charge in [-0.15, -0.1) is 0 Å². The molecular weight excluding hydrogens is 274 g/mol. The molecule has 20 heavy (non-hydrogen) atoms. The van der Waals surface area contributed by atoms with Crippen LogP contribution in [0.4, 0.5) is 0 Å². The summed E-state index contributed by atoms with van der Waals surface area (Å²) in [6.07, 6.45) is -0.493. The largest absolute Gasteiger partial charge is 0.354 e. The van der Waals surface area contributed by atoms with Crippen molar-refractivity contribution in [1.29, 1.82) is 0 Å². The molecule has 2 atom stereocenters. The maximum atomic E-state index is 12.0. The molecule has 0 saturated carbocycles. The molecule has 2 unspecified atom stereocenters. The van der Waals surface area contributed by atoms with Crippen LogP contribution < -0.4 is 5.32 Å². The first-order valence-corrected chi connectivity index (χ1v) is 6.84. The highest BCUT2D eigenvalue weighted by atomic mass is 35.5. The summed E-state index contributed by atoms with van der Waals surface area (Å²) in [5.74, 6) is -0.0844. The molecule has 0 radical (unpaired) electrons. The van der Waals surface area contributed by atoms with Gasteiger partial charge in [0, 0.05) is 11.6 Å². The van der Waals surface area contributed by atoms with Gasteiger partial charge in [-0.25, -0.2) is 0 Å². The fourth-order valence-corrected chi connectivity index (χ4v) is 2.36. The molecule has 3 nitrogen and oxygen atoms in total. The van der Waals surface area contributed by atoms with Gasteiger partial charge in [-0.1, -0.05) is 54.1 Å². The van der Waals surface area contributed by atoms with E-state index in [1.165, 1.54) is 0 Å². The van der Waals surface area contributed by atoms with Gasteiger partial charge >= 0.3 is 0 Å². The van der Waals surface area contributed by atoms with Crippen LogP contribution in [-0.2, 0) is 16.1 Å². The van der Waals surface area contributed by atoms with E-state index >= 15 is 0 Å². The number of benzene rings is 2. The van der Waals surface area contributed by atoms with Crippen LogP contribution in [0.5, 0.6) is 0 Å². The second-order valence-electron chi connectivity index (χ2n) is 4.74. The minimum Gasteiger partial charge on any atom is -0.354 e. The lowest BCUT2D eigenvalue weighted by Gasteiger charge is -2.04. The van der Waals surface area contributed by atoms with Gasteiger partial charge in [0.1, 0.15) is 6.10 Å². The Bertz CT molecular complexity index is 615. The van der Waals surface area contributed by atoms with Crippen LogP contribution in [-0.4, -0.2) is 12.0 Å². The van der Waals surface area contributed by atoms with E-state index in [0.717, 1.165) is 11.1 Å². The topological polar surface area (TPSA) is 41.6 Å². The molecule has 1 fully saturated rings. The predicted molar refractivity (Wildman–Crippen MR) is 77.4 cm³/mol. The van der Waals surface area contributed by atoms with Crippen molar-refractivity contribution in [3.05, 3.63) is 70.7 Å². The first-order chi connectivity index (χ1) is 9.74. The van der Waals surface area contributed by atoms with E-state index in [9.17, 15) is 4.79 Å². The molecule has 1 saturated heterocycles. The minimum atomic E-state index is -0.378. The van der Waals surface area contributed by atoms with Gasteiger partial charge in [-0.2, -0.15) is 0 Å². The number of carbonyl (C=O) groups is 1. The van der Waals surface area contributed by atoms with Crippen LogP contribution in [0.3, 0.4) is 0 Å². The average molecular weight is 288 g/mol. The van der Waals surface area contributed by atoms with Crippen LogP contribution in [0.2, 0.25) is 5.02 Å². The average Bonchev–Trinajstić information content (AvgIpc) is 3.26. The fourth-order valence-electron chi connectivity index (χ4n) is 2.14. The highest BCUT2D eigenvalue weighted by Gasteiger charge is 2.45. The number of carbonyl (C=O) groups excluding carboxylic acids is 1. The normalized spacial score (nSPS) is 20.4. The monoisotopic (exact) mass is 287 g/mol. The molecule has 0 aromatic heterocycles. The summed E-state index contributed by atoms with van der Waals surface area (Å²) >= 11 is 5.90. The van der Waals surface area contributed by atoms with Crippen molar-refractivity contribution in [2.75, 3.05) is 0 Å². The number of rotatable bonds is 4. The summed E-state index contributed by atoms with van der Waals surface area (Å²) < 4.78 is 5.44. The molecule has 0 spiro atoms. The quantitative estimate of drug-likeness (QED) is 0.878. The summed E-state index contributed by atoms with van der Waals surface area (Å²) in [7, 11) is 0. The molecule has 102 valence electrons. The molecule has 3 rings (SSSR count). The summed E-state index contributed by atoms with van der Waals surface area (Å²) in [6.45, 7) is 0.459. The van der Waals surface area contributed by atoms with E-state index in [0.29, 0.717) is 11.6 Å². The second kappa shape index (κ2) is 5.65. The summed E-state index contributed by atoms with van der Waals surface area (Å²) in [5, 5.41) is 3.53. The Hall–Kier alpha value is -1.84. The molecule has 1 heterocycles. The third-order valence-electron chi connectivity index (χ3n) is 3.23. The molecular formula is C16H14ClNO2. The van der Waals surface area contributed by atoms with E-state index in [2.05, 4.69) is 5.32 Å². The van der Waals surface area contributed by atoms with Crippen molar-refractivity contribution in [2.45, 2.75) is 18.8 Å². The Kier molecular flexibility index (Phi) is 3.72. The van der Waals surface area contributed by atoms with Crippen molar-refractivity contribution in [2.24, 2.45) is 0 Å². The molecule has 0 bridgehead atoms. The molecule has 2 aromatic rings. The zero-order valence-corrected chi connectivity index (χ0v) is 11.5. The predicted octanol–water partition coefficient (Wildman–Crippen LogP) is 3.10. The van der Waals surface area contributed by atoms with Gasteiger partial charge in [-0.3, -0.25) is 4.79 Å². The van der Waals surface area contributed by atoms with Crippen molar-refractivity contribution in [3.8, 4) is 0 Å². The number of amides is 1. The smallest absolute Gasteiger partial charge is 0.252 e. The number of ether oxygens (including phenoxy) is 1. The lowest BCUT2D eigenvalue weighted by atomic mass is 10.1. The third-order valence-corrected chi connectivity index (χ3v) is 3.47. The van der Waals surface area contributed by atoms with Crippen LogP contribution in [0.1, 0.15) is 17.2 Å². The maximum Gasteiger partial charge on any atom is 0.252 e. The van der Waals surface area contributed by atoms with E-state index in [4.69, 9.17) is 16.3 Å². The van der Waals surface area contributed by atoms with E-state index in [1.807, 2.05) is 54.6 Å². The third kappa shape index (κ3) is 3.00. The van der Waals surface area contributed by atoms with Gasteiger partial charge in [-0.05, 0) is 23.3 Å². The molecule has 1 aliphatic rings. The SMILES string of the molecule is O=C(NCc1cccc(Cl)c1)C1OC1c1ccccc1. The van der Waals surface area contributed by atoms with Crippen LogP contribution in [0.15, 0.2) is 54.6 Å². The lowest BCUT2D eigenvalue weighted by molar-refractivity contribution is -0.122. The standard InChI is InChI=1S/C16H14ClNO2/c17-13-8-4-5-11(9-13)10-18-16(19)15-14(20-15)12-6-2-1-3-7-12/h1-9,14-15H,10H2,(H,18,19). The van der Waals surface area contributed by atoms with E-state index in [-0.39, 0.29) is 18.1 Å². The highest BCUT2D eigenvalue weighted by Crippen LogP contribution is 2.38. The Balaban J connectivity index is 1.54. The molecule has 1 aliphatic heterocycles. The van der Waals surface area contributed by atoms with Crippen LogP contribution in [0, 0.1) is 0 Å². The second-order valence-corrected chi connectivity index (χ2v) is 5.17. The Labute approximate surface area is 122 Å². The number of epoxide rings is 1. The first kappa shape index (κ1) is 13.2. The first-order valence-electron chi connectivity index (χ1n) is 6.46. The zero-order chi connectivity index (χ0) is 13.9. The Morgan fingerprint density at radius 3 is 2.70 bits per heavy atom. The summed E-state index contributed by atoms with van der Waals surface area (Å²) in [6, 6.07) is 17.2. The Morgan fingerprint density at radius 2 is 1.95 bits per heavy atom. The van der Waals surface area contributed by atoms with Gasteiger partial charge in [0.2, 0.25) is 0 Å². The molecule has 2 aromatic carbocycles. The van der Waals surface area contributed by atoms with Gasteiger partial charge in [0.25, 0.3) is 5.91 Å². The van der Waals surface area contributed by atoms with E-state index < -0.39 is 0 Å². The number of halogens is 1.